The Morgan fingerprint density at radius 2 is 2.31 bits per heavy atom. The van der Waals surface area contributed by atoms with Crippen molar-refractivity contribution in [1.29, 1.82) is 0 Å². The van der Waals surface area contributed by atoms with E-state index in [9.17, 15) is 9.90 Å². The Balaban J connectivity index is 2.14. The molecule has 0 saturated carbocycles. The van der Waals surface area contributed by atoms with Gasteiger partial charge in [0.15, 0.2) is 0 Å². The molecule has 2 atom stereocenters. The third-order valence-corrected chi connectivity index (χ3v) is 2.88. The highest BCUT2D eigenvalue weighted by Crippen LogP contribution is 2.06. The van der Waals surface area contributed by atoms with Gasteiger partial charge in [0.1, 0.15) is 0 Å². The lowest BCUT2D eigenvalue weighted by atomic mass is 10.1. The van der Waals surface area contributed by atoms with Crippen LogP contribution in [0.1, 0.15) is 13.3 Å². The molecule has 2 unspecified atom stereocenters. The fourth-order valence-corrected chi connectivity index (χ4v) is 1.93. The summed E-state index contributed by atoms with van der Waals surface area (Å²) in [5, 5.41) is 15.5. The van der Waals surface area contributed by atoms with Crippen molar-refractivity contribution in [2.75, 3.05) is 39.8 Å². The van der Waals surface area contributed by atoms with Crippen molar-refractivity contribution in [3.8, 4) is 0 Å². The first-order valence-corrected chi connectivity index (χ1v) is 5.97. The number of rotatable bonds is 6. The molecular weight excluding hydrogens is 206 g/mol. The molecule has 0 aliphatic carbocycles. The minimum Gasteiger partial charge on any atom is -0.391 e. The third-order valence-electron chi connectivity index (χ3n) is 2.88. The summed E-state index contributed by atoms with van der Waals surface area (Å²) in [5.74, 6) is 0.190. The summed E-state index contributed by atoms with van der Waals surface area (Å²) in [5.41, 5.74) is 0. The fourth-order valence-electron chi connectivity index (χ4n) is 1.93. The van der Waals surface area contributed by atoms with Gasteiger partial charge < -0.3 is 15.7 Å². The Morgan fingerprint density at radius 1 is 1.56 bits per heavy atom. The standard InChI is InChI=1S/C11H23N3O2/c1-3-4-14(2)8-11(16)13-6-9-5-12-7-10(9)15/h9-10,12,15H,3-8H2,1-2H3,(H,13,16). The molecule has 0 bridgehead atoms. The number of likely N-dealkylation sites (N-methyl/N-ethyl adjacent to an activating group) is 1. The number of carbonyl (C=O) groups is 1. The van der Waals surface area contributed by atoms with E-state index in [4.69, 9.17) is 0 Å². The highest BCUT2D eigenvalue weighted by atomic mass is 16.3. The van der Waals surface area contributed by atoms with E-state index in [2.05, 4.69) is 17.6 Å². The van der Waals surface area contributed by atoms with Crippen LogP contribution in [0, 0.1) is 5.92 Å². The lowest BCUT2D eigenvalue weighted by Crippen LogP contribution is -2.39. The Hall–Kier alpha value is -0.650. The molecule has 0 radical (unpaired) electrons. The Labute approximate surface area is 97.2 Å². The zero-order valence-electron chi connectivity index (χ0n) is 10.2. The fraction of sp³-hybridized carbons (Fsp3) is 0.909. The number of carbonyl (C=O) groups excluding carboxylic acids is 1. The first-order valence-electron chi connectivity index (χ1n) is 5.97. The van der Waals surface area contributed by atoms with E-state index in [1.165, 1.54) is 0 Å². The van der Waals surface area contributed by atoms with Crippen LogP contribution in [0.3, 0.4) is 0 Å². The summed E-state index contributed by atoms with van der Waals surface area (Å²) in [6.07, 6.45) is 0.725. The van der Waals surface area contributed by atoms with Gasteiger partial charge in [0.2, 0.25) is 5.91 Å². The van der Waals surface area contributed by atoms with Crippen LogP contribution in [0.25, 0.3) is 0 Å². The first kappa shape index (κ1) is 13.4. The molecule has 1 amide bonds. The van der Waals surface area contributed by atoms with Crippen LogP contribution in [-0.2, 0) is 4.79 Å². The molecule has 5 heteroatoms. The number of aliphatic hydroxyl groups excluding tert-OH is 1. The minimum atomic E-state index is -0.325. The molecule has 1 saturated heterocycles. The van der Waals surface area contributed by atoms with Gasteiger partial charge in [-0.3, -0.25) is 9.69 Å². The summed E-state index contributed by atoms with van der Waals surface area (Å²) in [6, 6.07) is 0. The predicted molar refractivity (Wildman–Crippen MR) is 63.2 cm³/mol. The van der Waals surface area contributed by atoms with Crippen molar-refractivity contribution in [2.24, 2.45) is 5.92 Å². The highest BCUT2D eigenvalue weighted by molar-refractivity contribution is 5.77. The zero-order chi connectivity index (χ0) is 12.0. The van der Waals surface area contributed by atoms with E-state index < -0.39 is 0 Å². The summed E-state index contributed by atoms with van der Waals surface area (Å²) in [7, 11) is 1.94. The van der Waals surface area contributed by atoms with E-state index in [1.807, 2.05) is 11.9 Å². The monoisotopic (exact) mass is 229 g/mol. The van der Waals surface area contributed by atoms with E-state index in [0.29, 0.717) is 19.6 Å². The number of amides is 1. The number of hydrogen-bond acceptors (Lipinski definition) is 4. The largest absolute Gasteiger partial charge is 0.391 e. The molecule has 16 heavy (non-hydrogen) atoms. The number of hydrogen-bond donors (Lipinski definition) is 3. The van der Waals surface area contributed by atoms with Crippen molar-refractivity contribution in [2.45, 2.75) is 19.4 Å². The molecule has 0 aromatic rings. The second kappa shape index (κ2) is 6.83. The minimum absolute atomic E-state index is 0.0371. The summed E-state index contributed by atoms with van der Waals surface area (Å²) < 4.78 is 0. The Kier molecular flexibility index (Phi) is 5.73. The van der Waals surface area contributed by atoms with Crippen LogP contribution in [0.4, 0.5) is 0 Å². The van der Waals surface area contributed by atoms with Crippen LogP contribution in [0.5, 0.6) is 0 Å². The Bertz CT molecular complexity index is 223. The van der Waals surface area contributed by atoms with Crippen LogP contribution < -0.4 is 10.6 Å². The molecule has 1 aliphatic heterocycles. The lowest BCUT2D eigenvalue weighted by molar-refractivity contribution is -0.122. The van der Waals surface area contributed by atoms with Crippen LogP contribution >= 0.6 is 0 Å². The topological polar surface area (TPSA) is 64.6 Å². The maximum Gasteiger partial charge on any atom is 0.234 e. The SMILES string of the molecule is CCCN(C)CC(=O)NCC1CNCC1O. The molecule has 5 nitrogen and oxygen atoms in total. The van der Waals surface area contributed by atoms with E-state index in [1.54, 1.807) is 0 Å². The normalized spacial score (nSPS) is 25.0. The van der Waals surface area contributed by atoms with Gasteiger partial charge in [-0.05, 0) is 20.0 Å². The third kappa shape index (κ3) is 4.47. The van der Waals surface area contributed by atoms with Gasteiger partial charge in [0.05, 0.1) is 12.6 Å². The van der Waals surface area contributed by atoms with E-state index in [-0.39, 0.29) is 17.9 Å². The zero-order valence-corrected chi connectivity index (χ0v) is 10.2. The number of β-amino-alcohol motifs (C(OH)–C–C–N with tert-alkyl or cyclic N) is 1. The van der Waals surface area contributed by atoms with E-state index >= 15 is 0 Å². The van der Waals surface area contributed by atoms with Crippen LogP contribution in [-0.4, -0.2) is 61.8 Å². The van der Waals surface area contributed by atoms with Gasteiger partial charge >= 0.3 is 0 Å². The number of nitrogens with one attached hydrogen (secondary N) is 2. The van der Waals surface area contributed by atoms with Crippen molar-refractivity contribution < 1.29 is 9.90 Å². The van der Waals surface area contributed by atoms with Gasteiger partial charge in [0.25, 0.3) is 0 Å². The predicted octanol–water partition coefficient (Wildman–Crippen LogP) is -0.975. The van der Waals surface area contributed by atoms with Crippen molar-refractivity contribution >= 4 is 5.91 Å². The van der Waals surface area contributed by atoms with Crippen molar-refractivity contribution in [1.82, 2.24) is 15.5 Å². The van der Waals surface area contributed by atoms with Gasteiger partial charge in [-0.25, -0.2) is 0 Å². The molecule has 1 fully saturated rings. The molecule has 0 aromatic carbocycles. The Morgan fingerprint density at radius 3 is 2.88 bits per heavy atom. The number of nitrogens with zero attached hydrogens (tertiary/aromatic N) is 1. The number of aliphatic hydroxyl groups is 1. The molecule has 1 aliphatic rings. The molecule has 1 rings (SSSR count). The van der Waals surface area contributed by atoms with E-state index in [0.717, 1.165) is 19.5 Å². The second-order valence-electron chi connectivity index (χ2n) is 4.53. The maximum absolute atomic E-state index is 11.5. The average molecular weight is 229 g/mol. The summed E-state index contributed by atoms with van der Waals surface area (Å²) in [4.78, 5) is 13.5. The second-order valence-corrected chi connectivity index (χ2v) is 4.53. The first-order chi connectivity index (χ1) is 7.63. The quantitative estimate of drug-likeness (QED) is 0.548. The average Bonchev–Trinajstić information content (AvgIpc) is 2.61. The molecule has 94 valence electrons. The highest BCUT2D eigenvalue weighted by Gasteiger charge is 2.24. The summed E-state index contributed by atoms with van der Waals surface area (Å²) in [6.45, 7) is 5.44. The van der Waals surface area contributed by atoms with Crippen molar-refractivity contribution in [3.05, 3.63) is 0 Å². The molecular formula is C11H23N3O2. The van der Waals surface area contributed by atoms with Gasteiger partial charge in [-0.15, -0.1) is 0 Å². The van der Waals surface area contributed by atoms with Gasteiger partial charge in [-0.2, -0.15) is 0 Å². The smallest absolute Gasteiger partial charge is 0.234 e. The van der Waals surface area contributed by atoms with Crippen LogP contribution in [0.15, 0.2) is 0 Å². The lowest BCUT2D eigenvalue weighted by Gasteiger charge is -2.17. The van der Waals surface area contributed by atoms with Gasteiger partial charge in [0, 0.05) is 25.6 Å². The van der Waals surface area contributed by atoms with Crippen LogP contribution in [0.2, 0.25) is 0 Å². The maximum atomic E-state index is 11.5. The molecule has 0 spiro atoms. The van der Waals surface area contributed by atoms with Gasteiger partial charge in [-0.1, -0.05) is 6.92 Å². The molecule has 1 heterocycles. The molecule has 0 aromatic heterocycles. The molecule has 3 N–H and O–H groups in total. The van der Waals surface area contributed by atoms with Crippen molar-refractivity contribution in [3.63, 3.8) is 0 Å². The summed E-state index contributed by atoms with van der Waals surface area (Å²) >= 11 is 0.